The Balaban J connectivity index is 2.41. The van der Waals surface area contributed by atoms with Gasteiger partial charge in [-0.2, -0.15) is 5.10 Å². The summed E-state index contributed by atoms with van der Waals surface area (Å²) in [5, 5.41) is 5.74. The molecule has 0 amide bonds. The van der Waals surface area contributed by atoms with Crippen molar-refractivity contribution in [3.05, 3.63) is 30.0 Å². The summed E-state index contributed by atoms with van der Waals surface area (Å²) < 4.78 is 2.12. The highest BCUT2D eigenvalue weighted by atomic mass is 15.3. The molecule has 1 aromatic carbocycles. The van der Waals surface area contributed by atoms with Gasteiger partial charge < -0.3 is 0 Å². The lowest BCUT2D eigenvalue weighted by atomic mass is 10.1. The Hall–Kier alpha value is -1.31. The van der Waals surface area contributed by atoms with Crippen LogP contribution in [0.25, 0.3) is 10.9 Å². The van der Waals surface area contributed by atoms with Crippen LogP contribution in [0.4, 0.5) is 0 Å². The predicted octanol–water partition coefficient (Wildman–Crippen LogP) is 3.39. The van der Waals surface area contributed by atoms with Crippen molar-refractivity contribution in [3.8, 4) is 0 Å². The molecular formula is C13H18N2. The number of aromatic nitrogens is 2. The van der Waals surface area contributed by atoms with Crippen molar-refractivity contribution in [3.63, 3.8) is 0 Å². The van der Waals surface area contributed by atoms with Crippen LogP contribution in [0, 0.1) is 12.8 Å². The van der Waals surface area contributed by atoms with Crippen LogP contribution in [0.2, 0.25) is 0 Å². The third-order valence-electron chi connectivity index (χ3n) is 3.09. The molecule has 1 atom stereocenters. The number of fused-ring (bicyclic) bond motifs is 1. The summed E-state index contributed by atoms with van der Waals surface area (Å²) >= 11 is 0. The van der Waals surface area contributed by atoms with Crippen LogP contribution < -0.4 is 0 Å². The Bertz CT molecular complexity index is 457. The summed E-state index contributed by atoms with van der Waals surface area (Å²) in [5.74, 6) is 0.689. The van der Waals surface area contributed by atoms with Crippen LogP contribution in [-0.4, -0.2) is 9.78 Å². The maximum atomic E-state index is 4.46. The molecule has 2 nitrogen and oxygen atoms in total. The zero-order chi connectivity index (χ0) is 10.8. The molecule has 0 bridgehead atoms. The summed E-state index contributed by atoms with van der Waals surface area (Å²) in [4.78, 5) is 0. The van der Waals surface area contributed by atoms with Gasteiger partial charge in [0, 0.05) is 11.9 Å². The second-order valence-electron chi connectivity index (χ2n) is 4.35. The van der Waals surface area contributed by atoms with E-state index in [2.05, 4.69) is 48.8 Å². The molecule has 0 aliphatic rings. The lowest BCUT2D eigenvalue weighted by molar-refractivity contribution is 0.448. The molecule has 0 saturated heterocycles. The molecule has 0 aliphatic carbocycles. The van der Waals surface area contributed by atoms with E-state index in [0.717, 1.165) is 6.54 Å². The molecule has 15 heavy (non-hydrogen) atoms. The van der Waals surface area contributed by atoms with E-state index in [9.17, 15) is 0 Å². The summed E-state index contributed by atoms with van der Waals surface area (Å²) in [6, 6.07) is 6.39. The van der Waals surface area contributed by atoms with Crippen LogP contribution in [0.3, 0.4) is 0 Å². The summed E-state index contributed by atoms with van der Waals surface area (Å²) in [6.45, 7) is 7.64. The van der Waals surface area contributed by atoms with Gasteiger partial charge in [0.05, 0.1) is 11.7 Å². The Morgan fingerprint density at radius 2 is 2.20 bits per heavy atom. The number of rotatable bonds is 3. The van der Waals surface area contributed by atoms with Gasteiger partial charge in [-0.15, -0.1) is 0 Å². The maximum absolute atomic E-state index is 4.46. The standard InChI is InChI=1S/C13H18N2/c1-4-10(2)9-15-13-7-5-6-11(3)12(13)8-14-15/h5-8,10H,4,9H2,1-3H3. The second-order valence-corrected chi connectivity index (χ2v) is 4.35. The van der Waals surface area contributed by atoms with Gasteiger partial charge in [-0.1, -0.05) is 32.4 Å². The maximum Gasteiger partial charge on any atom is 0.0685 e. The van der Waals surface area contributed by atoms with E-state index < -0.39 is 0 Å². The number of benzene rings is 1. The van der Waals surface area contributed by atoms with Crippen molar-refractivity contribution < 1.29 is 0 Å². The fourth-order valence-corrected chi connectivity index (χ4v) is 1.82. The van der Waals surface area contributed by atoms with Gasteiger partial charge >= 0.3 is 0 Å². The van der Waals surface area contributed by atoms with Crippen molar-refractivity contribution in [2.24, 2.45) is 5.92 Å². The molecular weight excluding hydrogens is 184 g/mol. The fourth-order valence-electron chi connectivity index (χ4n) is 1.82. The predicted molar refractivity (Wildman–Crippen MR) is 63.9 cm³/mol. The van der Waals surface area contributed by atoms with Gasteiger partial charge in [0.1, 0.15) is 0 Å². The van der Waals surface area contributed by atoms with Crippen molar-refractivity contribution >= 4 is 10.9 Å². The molecule has 0 fully saturated rings. The van der Waals surface area contributed by atoms with E-state index in [1.165, 1.54) is 22.9 Å². The van der Waals surface area contributed by atoms with E-state index in [4.69, 9.17) is 0 Å². The van der Waals surface area contributed by atoms with E-state index in [1.807, 2.05) is 6.20 Å². The van der Waals surface area contributed by atoms with Gasteiger partial charge in [-0.25, -0.2) is 0 Å². The van der Waals surface area contributed by atoms with Crippen LogP contribution in [0.5, 0.6) is 0 Å². The summed E-state index contributed by atoms with van der Waals surface area (Å²) in [7, 11) is 0. The van der Waals surface area contributed by atoms with Crippen molar-refractivity contribution in [1.29, 1.82) is 0 Å². The Morgan fingerprint density at radius 3 is 2.93 bits per heavy atom. The molecule has 2 rings (SSSR count). The Morgan fingerprint density at radius 1 is 1.40 bits per heavy atom. The molecule has 0 N–H and O–H groups in total. The number of hydrogen-bond acceptors (Lipinski definition) is 1. The second kappa shape index (κ2) is 4.05. The minimum absolute atomic E-state index is 0.689. The highest BCUT2D eigenvalue weighted by Gasteiger charge is 2.06. The first-order valence-corrected chi connectivity index (χ1v) is 5.63. The van der Waals surface area contributed by atoms with Crippen molar-refractivity contribution in [1.82, 2.24) is 9.78 Å². The minimum Gasteiger partial charge on any atom is -0.265 e. The van der Waals surface area contributed by atoms with E-state index in [-0.39, 0.29) is 0 Å². The molecule has 1 unspecified atom stereocenters. The van der Waals surface area contributed by atoms with Crippen LogP contribution in [0.1, 0.15) is 25.8 Å². The number of hydrogen-bond donors (Lipinski definition) is 0. The van der Waals surface area contributed by atoms with E-state index >= 15 is 0 Å². The monoisotopic (exact) mass is 202 g/mol. The van der Waals surface area contributed by atoms with Crippen LogP contribution >= 0.6 is 0 Å². The average Bonchev–Trinajstić information content (AvgIpc) is 2.63. The van der Waals surface area contributed by atoms with Gasteiger partial charge in [-0.3, -0.25) is 4.68 Å². The number of aryl methyl sites for hydroxylation is 1. The Kier molecular flexibility index (Phi) is 2.76. The van der Waals surface area contributed by atoms with Gasteiger partial charge in [0.15, 0.2) is 0 Å². The topological polar surface area (TPSA) is 17.8 Å². The lowest BCUT2D eigenvalue weighted by Gasteiger charge is -2.09. The highest BCUT2D eigenvalue weighted by molar-refractivity contribution is 5.81. The largest absolute Gasteiger partial charge is 0.265 e. The zero-order valence-electron chi connectivity index (χ0n) is 9.70. The molecule has 0 saturated carbocycles. The van der Waals surface area contributed by atoms with Crippen LogP contribution in [0.15, 0.2) is 24.4 Å². The fraction of sp³-hybridized carbons (Fsp3) is 0.462. The summed E-state index contributed by atoms with van der Waals surface area (Å²) in [6.07, 6.45) is 3.18. The Labute approximate surface area is 90.9 Å². The quantitative estimate of drug-likeness (QED) is 0.746. The molecule has 0 spiro atoms. The third-order valence-corrected chi connectivity index (χ3v) is 3.09. The van der Waals surface area contributed by atoms with E-state index in [1.54, 1.807) is 0 Å². The zero-order valence-corrected chi connectivity index (χ0v) is 9.70. The normalized spacial score (nSPS) is 13.3. The molecule has 1 aromatic heterocycles. The van der Waals surface area contributed by atoms with Crippen LogP contribution in [-0.2, 0) is 6.54 Å². The molecule has 2 aromatic rings. The van der Waals surface area contributed by atoms with E-state index in [0.29, 0.717) is 5.92 Å². The van der Waals surface area contributed by atoms with Gasteiger partial charge in [0.2, 0.25) is 0 Å². The SMILES string of the molecule is CCC(C)Cn1ncc2c(C)cccc21. The molecule has 0 radical (unpaired) electrons. The average molecular weight is 202 g/mol. The molecule has 1 heterocycles. The minimum atomic E-state index is 0.689. The first-order valence-electron chi connectivity index (χ1n) is 5.63. The summed E-state index contributed by atoms with van der Waals surface area (Å²) in [5.41, 5.74) is 2.57. The van der Waals surface area contributed by atoms with Gasteiger partial charge in [-0.05, 0) is 24.5 Å². The molecule has 0 aliphatic heterocycles. The first-order chi connectivity index (χ1) is 7.22. The lowest BCUT2D eigenvalue weighted by Crippen LogP contribution is -2.07. The molecule has 80 valence electrons. The smallest absolute Gasteiger partial charge is 0.0685 e. The third kappa shape index (κ3) is 1.89. The van der Waals surface area contributed by atoms with Crippen molar-refractivity contribution in [2.75, 3.05) is 0 Å². The van der Waals surface area contributed by atoms with Crippen molar-refractivity contribution in [2.45, 2.75) is 33.7 Å². The first kappa shape index (κ1) is 10.2. The van der Waals surface area contributed by atoms with Gasteiger partial charge in [0.25, 0.3) is 0 Å². The number of nitrogens with zero attached hydrogens (tertiary/aromatic N) is 2. The molecule has 2 heteroatoms. The highest BCUT2D eigenvalue weighted by Crippen LogP contribution is 2.18.